The molecule has 1 saturated heterocycles. The number of hydrogen-bond donors (Lipinski definition) is 1. The first kappa shape index (κ1) is 15.4. The molecule has 0 unspecified atom stereocenters. The molecule has 2 aliphatic rings. The Morgan fingerprint density at radius 2 is 1.80 bits per heavy atom. The fraction of sp³-hybridized carbons (Fsp3) is 0.867. The van der Waals surface area contributed by atoms with Crippen LogP contribution in [0.15, 0.2) is 0 Å². The van der Waals surface area contributed by atoms with Crippen LogP contribution in [0.2, 0.25) is 0 Å². The molecule has 0 bridgehead atoms. The second-order valence-corrected chi connectivity index (χ2v) is 5.85. The van der Waals surface area contributed by atoms with Gasteiger partial charge in [-0.05, 0) is 19.8 Å². The van der Waals surface area contributed by atoms with Crippen molar-refractivity contribution < 1.29 is 14.3 Å². The summed E-state index contributed by atoms with van der Waals surface area (Å²) in [5, 5.41) is 3.01. The number of morpholine rings is 1. The van der Waals surface area contributed by atoms with E-state index in [-0.39, 0.29) is 23.5 Å². The van der Waals surface area contributed by atoms with Gasteiger partial charge in [-0.2, -0.15) is 0 Å². The van der Waals surface area contributed by atoms with Crippen molar-refractivity contribution in [1.82, 2.24) is 10.2 Å². The molecule has 0 aromatic carbocycles. The first-order valence-corrected chi connectivity index (χ1v) is 7.77. The van der Waals surface area contributed by atoms with Crippen molar-refractivity contribution in [2.75, 3.05) is 39.4 Å². The molecule has 1 amide bonds. The smallest absolute Gasteiger partial charge is 0.223 e. The van der Waals surface area contributed by atoms with Gasteiger partial charge in [-0.25, -0.2) is 0 Å². The average molecular weight is 282 g/mol. The topological polar surface area (TPSA) is 58.6 Å². The molecule has 2 fully saturated rings. The number of Topliss-reactive ketones (excluding diaryl/α,β-unsaturated/α-hetero) is 1. The van der Waals surface area contributed by atoms with Gasteiger partial charge in [-0.1, -0.05) is 12.8 Å². The molecule has 0 spiro atoms. The number of rotatable bonds is 5. The van der Waals surface area contributed by atoms with Gasteiger partial charge in [0.25, 0.3) is 0 Å². The van der Waals surface area contributed by atoms with E-state index in [0.717, 1.165) is 58.5 Å². The van der Waals surface area contributed by atoms with Crippen molar-refractivity contribution in [1.29, 1.82) is 0 Å². The van der Waals surface area contributed by atoms with Crippen LogP contribution < -0.4 is 5.32 Å². The Kier molecular flexibility index (Phi) is 5.98. The summed E-state index contributed by atoms with van der Waals surface area (Å²) in [6.07, 6.45) is 3.86. The second-order valence-electron chi connectivity index (χ2n) is 5.85. The lowest BCUT2D eigenvalue weighted by atomic mass is 9.77. The minimum absolute atomic E-state index is 0.0628. The Labute approximate surface area is 121 Å². The summed E-state index contributed by atoms with van der Waals surface area (Å²) in [6, 6.07) is 0. The van der Waals surface area contributed by atoms with Gasteiger partial charge in [0.15, 0.2) is 0 Å². The van der Waals surface area contributed by atoms with E-state index in [4.69, 9.17) is 4.74 Å². The Hall–Kier alpha value is -0.940. The molecule has 1 saturated carbocycles. The number of nitrogens with one attached hydrogen (secondary N) is 1. The second kappa shape index (κ2) is 7.74. The highest BCUT2D eigenvalue weighted by molar-refractivity contribution is 5.87. The van der Waals surface area contributed by atoms with Gasteiger partial charge in [0.1, 0.15) is 5.78 Å². The lowest BCUT2D eigenvalue weighted by Gasteiger charge is -2.30. The van der Waals surface area contributed by atoms with Crippen LogP contribution in [0.25, 0.3) is 0 Å². The molecular formula is C15H26N2O3. The van der Waals surface area contributed by atoms with E-state index >= 15 is 0 Å². The van der Waals surface area contributed by atoms with E-state index in [9.17, 15) is 9.59 Å². The molecule has 114 valence electrons. The Morgan fingerprint density at radius 3 is 2.45 bits per heavy atom. The highest BCUT2D eigenvalue weighted by Crippen LogP contribution is 2.30. The van der Waals surface area contributed by atoms with Gasteiger partial charge in [-0.15, -0.1) is 0 Å². The number of nitrogens with zero attached hydrogens (tertiary/aromatic N) is 1. The zero-order valence-corrected chi connectivity index (χ0v) is 12.4. The van der Waals surface area contributed by atoms with Crippen LogP contribution in [0.5, 0.6) is 0 Å². The van der Waals surface area contributed by atoms with E-state index in [0.29, 0.717) is 6.54 Å². The van der Waals surface area contributed by atoms with Crippen LogP contribution in [0.3, 0.4) is 0 Å². The zero-order valence-electron chi connectivity index (χ0n) is 12.4. The van der Waals surface area contributed by atoms with E-state index in [2.05, 4.69) is 10.2 Å². The number of ketones is 1. The predicted octanol–water partition coefficient (Wildman–Crippen LogP) is 0.830. The van der Waals surface area contributed by atoms with Crippen LogP contribution in [0.1, 0.15) is 32.6 Å². The van der Waals surface area contributed by atoms with Crippen molar-refractivity contribution in [3.8, 4) is 0 Å². The van der Waals surface area contributed by atoms with E-state index in [1.165, 1.54) is 0 Å². The summed E-state index contributed by atoms with van der Waals surface area (Å²) < 4.78 is 5.30. The fourth-order valence-electron chi connectivity index (χ4n) is 3.22. The maximum atomic E-state index is 12.2. The lowest BCUT2D eigenvalue weighted by Crippen LogP contribution is -2.44. The molecule has 2 atom stereocenters. The maximum absolute atomic E-state index is 12.2. The van der Waals surface area contributed by atoms with Crippen LogP contribution in [0.4, 0.5) is 0 Å². The van der Waals surface area contributed by atoms with E-state index in [1.807, 2.05) is 0 Å². The normalized spacial score (nSPS) is 28.1. The summed E-state index contributed by atoms with van der Waals surface area (Å²) in [4.78, 5) is 26.2. The quantitative estimate of drug-likeness (QED) is 0.811. The minimum Gasteiger partial charge on any atom is -0.379 e. The van der Waals surface area contributed by atoms with Crippen molar-refractivity contribution in [2.24, 2.45) is 11.8 Å². The first-order valence-electron chi connectivity index (χ1n) is 7.77. The number of amides is 1. The largest absolute Gasteiger partial charge is 0.379 e. The predicted molar refractivity (Wildman–Crippen MR) is 76.4 cm³/mol. The monoisotopic (exact) mass is 282 g/mol. The summed E-state index contributed by atoms with van der Waals surface area (Å²) in [5.74, 6) is 0.0641. The molecule has 1 heterocycles. The highest BCUT2D eigenvalue weighted by Gasteiger charge is 2.33. The molecule has 1 aliphatic carbocycles. The molecule has 1 aliphatic heterocycles. The van der Waals surface area contributed by atoms with E-state index in [1.54, 1.807) is 6.92 Å². The van der Waals surface area contributed by atoms with Gasteiger partial charge >= 0.3 is 0 Å². The third kappa shape index (κ3) is 4.28. The number of hydrogen-bond acceptors (Lipinski definition) is 4. The zero-order chi connectivity index (χ0) is 14.4. The molecule has 2 rings (SSSR count). The number of carbonyl (C=O) groups is 2. The Morgan fingerprint density at radius 1 is 1.15 bits per heavy atom. The summed E-state index contributed by atoms with van der Waals surface area (Å²) in [6.45, 7) is 6.59. The summed E-state index contributed by atoms with van der Waals surface area (Å²) >= 11 is 0. The van der Waals surface area contributed by atoms with Gasteiger partial charge in [0, 0.05) is 38.0 Å². The molecular weight excluding hydrogens is 256 g/mol. The molecule has 0 radical (unpaired) electrons. The minimum atomic E-state index is -0.106. The average Bonchev–Trinajstić information content (AvgIpc) is 2.48. The van der Waals surface area contributed by atoms with Gasteiger partial charge in [0.2, 0.25) is 5.91 Å². The first-order chi connectivity index (χ1) is 9.68. The van der Waals surface area contributed by atoms with Gasteiger partial charge in [0.05, 0.1) is 13.2 Å². The Bertz CT molecular complexity index is 340. The Balaban J connectivity index is 1.73. The van der Waals surface area contributed by atoms with Crippen LogP contribution in [0, 0.1) is 11.8 Å². The standard InChI is InChI=1S/C15H26N2O3/c1-12(18)13-4-2-3-5-14(13)15(19)16-6-7-17-8-10-20-11-9-17/h13-14H,2-11H2,1H3,(H,16,19)/t13-,14-/m0/s1. The highest BCUT2D eigenvalue weighted by atomic mass is 16.5. The fourth-order valence-corrected chi connectivity index (χ4v) is 3.22. The molecule has 5 nitrogen and oxygen atoms in total. The van der Waals surface area contributed by atoms with Crippen LogP contribution >= 0.6 is 0 Å². The van der Waals surface area contributed by atoms with Crippen molar-refractivity contribution >= 4 is 11.7 Å². The van der Waals surface area contributed by atoms with Gasteiger partial charge in [-0.3, -0.25) is 14.5 Å². The maximum Gasteiger partial charge on any atom is 0.223 e. The molecule has 20 heavy (non-hydrogen) atoms. The van der Waals surface area contributed by atoms with Gasteiger partial charge < -0.3 is 10.1 Å². The third-order valence-electron chi connectivity index (χ3n) is 4.46. The van der Waals surface area contributed by atoms with E-state index < -0.39 is 0 Å². The van der Waals surface area contributed by atoms with Crippen molar-refractivity contribution in [3.05, 3.63) is 0 Å². The molecule has 0 aromatic heterocycles. The third-order valence-corrected chi connectivity index (χ3v) is 4.46. The van der Waals surface area contributed by atoms with Crippen molar-refractivity contribution in [2.45, 2.75) is 32.6 Å². The number of carbonyl (C=O) groups excluding carboxylic acids is 2. The lowest BCUT2D eigenvalue weighted by molar-refractivity contribution is -0.134. The van der Waals surface area contributed by atoms with Crippen LogP contribution in [-0.4, -0.2) is 56.0 Å². The molecule has 5 heteroatoms. The van der Waals surface area contributed by atoms with Crippen LogP contribution in [-0.2, 0) is 14.3 Å². The molecule has 1 N–H and O–H groups in total. The summed E-state index contributed by atoms with van der Waals surface area (Å²) in [5.41, 5.74) is 0. The van der Waals surface area contributed by atoms with Crippen molar-refractivity contribution in [3.63, 3.8) is 0 Å². The SMILES string of the molecule is CC(=O)[C@@H]1CCCC[C@@H]1C(=O)NCCN1CCOCC1. The summed E-state index contributed by atoms with van der Waals surface area (Å²) in [7, 11) is 0. The number of ether oxygens (including phenoxy) is 1. The molecule has 0 aromatic rings.